The summed E-state index contributed by atoms with van der Waals surface area (Å²) < 4.78 is 4.28. The number of nitrogens with one attached hydrogen (secondary N) is 2. The average Bonchev–Trinajstić information content (AvgIpc) is 2.31. The zero-order valence-electron chi connectivity index (χ0n) is 8.92. The Bertz CT molecular complexity index is 417. The molecule has 0 heterocycles. The van der Waals surface area contributed by atoms with Crippen LogP contribution >= 0.6 is 23.2 Å². The molecule has 0 aliphatic carbocycles. The van der Waals surface area contributed by atoms with Crippen molar-refractivity contribution < 1.29 is 14.3 Å². The molecule has 5 nitrogen and oxygen atoms in total. The summed E-state index contributed by atoms with van der Waals surface area (Å²) in [5.41, 5.74) is 4.70. The molecule has 17 heavy (non-hydrogen) atoms. The lowest BCUT2D eigenvalue weighted by molar-refractivity contribution is -0.121. The summed E-state index contributed by atoms with van der Waals surface area (Å²) in [6, 6.07) is 4.94. The van der Waals surface area contributed by atoms with E-state index in [1.54, 1.807) is 18.2 Å². The van der Waals surface area contributed by atoms with Crippen LogP contribution in [-0.4, -0.2) is 19.1 Å². The third-order valence-electron chi connectivity index (χ3n) is 1.89. The molecule has 0 saturated heterocycles. The molecule has 7 heteroatoms. The van der Waals surface area contributed by atoms with E-state index in [0.717, 1.165) is 0 Å². The second-order valence-electron chi connectivity index (χ2n) is 3.04. The molecule has 0 saturated carbocycles. The Morgan fingerprint density at radius 3 is 2.35 bits per heavy atom. The second-order valence-corrected chi connectivity index (χ2v) is 3.86. The van der Waals surface area contributed by atoms with E-state index in [1.165, 1.54) is 7.11 Å². The van der Waals surface area contributed by atoms with Crippen molar-refractivity contribution in [3.63, 3.8) is 0 Å². The van der Waals surface area contributed by atoms with Gasteiger partial charge in [0.1, 0.15) is 0 Å². The molecule has 0 atom stereocenters. The van der Waals surface area contributed by atoms with E-state index < -0.39 is 12.0 Å². The summed E-state index contributed by atoms with van der Waals surface area (Å²) >= 11 is 11.8. The quantitative estimate of drug-likeness (QED) is 0.811. The highest BCUT2D eigenvalue weighted by Crippen LogP contribution is 2.24. The smallest absolute Gasteiger partial charge is 0.425 e. The van der Waals surface area contributed by atoms with Crippen LogP contribution in [0.4, 0.5) is 4.79 Å². The Morgan fingerprint density at radius 2 is 1.82 bits per heavy atom. The van der Waals surface area contributed by atoms with Crippen LogP contribution in [0, 0.1) is 0 Å². The average molecular weight is 277 g/mol. The first kappa shape index (κ1) is 13.6. The zero-order chi connectivity index (χ0) is 12.8. The van der Waals surface area contributed by atoms with E-state index in [1.807, 2.05) is 5.43 Å². The molecule has 0 bridgehead atoms. The molecule has 0 unspecified atom stereocenters. The second kappa shape index (κ2) is 6.32. The van der Waals surface area contributed by atoms with Crippen molar-refractivity contribution in [2.45, 2.75) is 6.42 Å². The van der Waals surface area contributed by atoms with Crippen molar-refractivity contribution in [2.24, 2.45) is 0 Å². The maximum atomic E-state index is 11.4. The van der Waals surface area contributed by atoms with E-state index in [9.17, 15) is 9.59 Å². The first-order valence-corrected chi connectivity index (χ1v) is 5.36. The number of halogens is 2. The molecule has 2 amide bonds. The van der Waals surface area contributed by atoms with Crippen LogP contribution in [0.1, 0.15) is 5.56 Å². The van der Waals surface area contributed by atoms with Gasteiger partial charge in [-0.05, 0) is 17.7 Å². The largest absolute Gasteiger partial charge is 0.452 e. The third-order valence-corrected chi connectivity index (χ3v) is 2.60. The predicted molar refractivity (Wildman–Crippen MR) is 63.8 cm³/mol. The Labute approximate surface area is 108 Å². The Balaban J connectivity index is 2.59. The van der Waals surface area contributed by atoms with Gasteiger partial charge in [-0.25, -0.2) is 10.2 Å². The first-order valence-electron chi connectivity index (χ1n) is 4.60. The van der Waals surface area contributed by atoms with E-state index >= 15 is 0 Å². The number of rotatable bonds is 2. The highest BCUT2D eigenvalue weighted by atomic mass is 35.5. The van der Waals surface area contributed by atoms with Gasteiger partial charge in [0.2, 0.25) is 5.91 Å². The maximum Gasteiger partial charge on any atom is 0.425 e. The topological polar surface area (TPSA) is 67.4 Å². The summed E-state index contributed by atoms with van der Waals surface area (Å²) in [5.74, 6) is -0.453. The molecule has 1 aromatic carbocycles. The zero-order valence-corrected chi connectivity index (χ0v) is 10.4. The van der Waals surface area contributed by atoms with Gasteiger partial charge < -0.3 is 4.74 Å². The molecule has 0 aliphatic heterocycles. The standard InChI is InChI=1S/C10H10Cl2N2O3/c1-17-10(16)14-13-9(15)5-6-7(11)3-2-4-8(6)12/h2-4H,5H2,1H3,(H,13,15)(H,14,16). The maximum absolute atomic E-state index is 11.4. The van der Waals surface area contributed by atoms with E-state index in [-0.39, 0.29) is 6.42 Å². The molecule has 1 aromatic rings. The van der Waals surface area contributed by atoms with Gasteiger partial charge in [-0.15, -0.1) is 0 Å². The highest BCUT2D eigenvalue weighted by molar-refractivity contribution is 6.36. The summed E-state index contributed by atoms with van der Waals surface area (Å²) in [7, 11) is 1.19. The number of hydrazine groups is 1. The number of carbonyl (C=O) groups excluding carboxylic acids is 2. The van der Waals surface area contributed by atoms with Crippen molar-refractivity contribution in [1.29, 1.82) is 0 Å². The van der Waals surface area contributed by atoms with Crippen LogP contribution in [0.15, 0.2) is 18.2 Å². The fraction of sp³-hybridized carbons (Fsp3) is 0.200. The highest BCUT2D eigenvalue weighted by Gasteiger charge is 2.11. The van der Waals surface area contributed by atoms with Gasteiger partial charge in [-0.2, -0.15) is 0 Å². The molecule has 2 N–H and O–H groups in total. The number of hydrogen-bond acceptors (Lipinski definition) is 3. The predicted octanol–water partition coefficient (Wildman–Crippen LogP) is 1.92. The molecule has 1 rings (SSSR count). The lowest BCUT2D eigenvalue weighted by atomic mass is 10.1. The Hall–Kier alpha value is -1.46. The van der Waals surface area contributed by atoms with Gasteiger partial charge in [0, 0.05) is 10.0 Å². The Morgan fingerprint density at radius 1 is 1.24 bits per heavy atom. The lowest BCUT2D eigenvalue weighted by Gasteiger charge is -2.08. The summed E-state index contributed by atoms with van der Waals surface area (Å²) in [6.45, 7) is 0. The number of amides is 2. The van der Waals surface area contributed by atoms with Gasteiger partial charge in [0.15, 0.2) is 0 Å². The van der Waals surface area contributed by atoms with Gasteiger partial charge >= 0.3 is 6.09 Å². The van der Waals surface area contributed by atoms with Gasteiger partial charge in [-0.1, -0.05) is 29.3 Å². The molecule has 0 fully saturated rings. The molecular weight excluding hydrogens is 267 g/mol. The molecule has 0 radical (unpaired) electrons. The van der Waals surface area contributed by atoms with Crippen molar-refractivity contribution >= 4 is 35.2 Å². The van der Waals surface area contributed by atoms with Crippen LogP contribution in [-0.2, 0) is 16.0 Å². The first-order chi connectivity index (χ1) is 8.04. The normalized spacial score (nSPS) is 9.59. The number of ether oxygens (including phenoxy) is 1. The molecule has 0 aromatic heterocycles. The van der Waals surface area contributed by atoms with Crippen LogP contribution in [0.25, 0.3) is 0 Å². The Kier molecular flexibility index (Phi) is 5.06. The summed E-state index contributed by atoms with van der Waals surface area (Å²) in [6.07, 6.45) is -0.800. The fourth-order valence-electron chi connectivity index (χ4n) is 1.08. The minimum Gasteiger partial charge on any atom is -0.452 e. The summed E-state index contributed by atoms with van der Waals surface area (Å²) in [5, 5.41) is 0.788. The van der Waals surface area contributed by atoms with Crippen LogP contribution in [0.3, 0.4) is 0 Å². The fourth-order valence-corrected chi connectivity index (χ4v) is 1.61. The van der Waals surface area contributed by atoms with Crippen molar-refractivity contribution in [1.82, 2.24) is 10.9 Å². The number of benzene rings is 1. The molecule has 0 spiro atoms. The van der Waals surface area contributed by atoms with E-state index in [2.05, 4.69) is 10.2 Å². The minimum absolute atomic E-state index is 0.0392. The van der Waals surface area contributed by atoms with Gasteiger partial charge in [0.05, 0.1) is 13.5 Å². The monoisotopic (exact) mass is 276 g/mol. The lowest BCUT2D eigenvalue weighted by Crippen LogP contribution is -2.42. The van der Waals surface area contributed by atoms with E-state index in [4.69, 9.17) is 23.2 Å². The minimum atomic E-state index is -0.761. The number of carbonyl (C=O) groups is 2. The van der Waals surface area contributed by atoms with Gasteiger partial charge in [0.25, 0.3) is 0 Å². The van der Waals surface area contributed by atoms with Crippen LogP contribution < -0.4 is 10.9 Å². The molecule has 92 valence electrons. The van der Waals surface area contributed by atoms with E-state index in [0.29, 0.717) is 15.6 Å². The number of hydrogen-bond donors (Lipinski definition) is 2. The third kappa shape index (κ3) is 4.13. The van der Waals surface area contributed by atoms with Crippen molar-refractivity contribution in [2.75, 3.05) is 7.11 Å². The van der Waals surface area contributed by atoms with Crippen molar-refractivity contribution in [3.8, 4) is 0 Å². The number of methoxy groups -OCH3 is 1. The van der Waals surface area contributed by atoms with Gasteiger partial charge in [-0.3, -0.25) is 10.2 Å². The van der Waals surface area contributed by atoms with Crippen molar-refractivity contribution in [3.05, 3.63) is 33.8 Å². The SMILES string of the molecule is COC(=O)NNC(=O)Cc1c(Cl)cccc1Cl. The summed E-state index contributed by atoms with van der Waals surface area (Å²) in [4.78, 5) is 22.1. The molecule has 0 aliphatic rings. The van der Waals surface area contributed by atoms with Crippen LogP contribution in [0.2, 0.25) is 10.0 Å². The van der Waals surface area contributed by atoms with Crippen LogP contribution in [0.5, 0.6) is 0 Å². The molecular formula is C10H10Cl2N2O3.